The fourth-order valence-corrected chi connectivity index (χ4v) is 6.86. The number of halogens is 1. The molecule has 6 rings (SSSR count). The van der Waals surface area contributed by atoms with Crippen LogP contribution in [0.3, 0.4) is 0 Å². The molecule has 2 atom stereocenters. The third-order valence-electron chi connectivity index (χ3n) is 9.19. The molecule has 1 saturated carbocycles. The Bertz CT molecular complexity index is 1500. The molecule has 3 aliphatic rings. The molecule has 40 heavy (non-hydrogen) atoms. The summed E-state index contributed by atoms with van der Waals surface area (Å²) in [4.78, 5) is 12.5. The van der Waals surface area contributed by atoms with Gasteiger partial charge < -0.3 is 14.2 Å². The Kier molecular flexibility index (Phi) is 6.72. The normalized spacial score (nSPS) is 22.1. The van der Waals surface area contributed by atoms with Gasteiger partial charge in [0, 0.05) is 11.0 Å². The number of benzene rings is 3. The van der Waals surface area contributed by atoms with Gasteiger partial charge in [-0.05, 0) is 114 Å². The molecule has 0 amide bonds. The lowest BCUT2D eigenvalue weighted by atomic mass is 9.79. The maximum absolute atomic E-state index is 15.1. The van der Waals surface area contributed by atoms with Gasteiger partial charge in [0.05, 0.1) is 19.6 Å². The third-order valence-corrected chi connectivity index (χ3v) is 9.19. The van der Waals surface area contributed by atoms with Crippen LogP contribution in [0.5, 0.6) is 11.5 Å². The molecule has 0 radical (unpaired) electrons. The Morgan fingerprint density at radius 1 is 0.975 bits per heavy atom. The van der Waals surface area contributed by atoms with Gasteiger partial charge in [0.15, 0.2) is 0 Å². The molecule has 4 nitrogen and oxygen atoms in total. The highest BCUT2D eigenvalue weighted by Crippen LogP contribution is 2.62. The molecule has 0 saturated heterocycles. The lowest BCUT2D eigenvalue weighted by molar-refractivity contribution is -0.145. The van der Waals surface area contributed by atoms with Gasteiger partial charge in [-0.25, -0.2) is 4.39 Å². The Labute approximate surface area is 236 Å². The number of carbonyl (C=O) groups is 1. The molecule has 1 fully saturated rings. The lowest BCUT2D eigenvalue weighted by Crippen LogP contribution is -2.15. The maximum Gasteiger partial charge on any atom is 0.309 e. The van der Waals surface area contributed by atoms with E-state index in [1.54, 1.807) is 19.2 Å². The number of aryl methyl sites for hydroxylation is 1. The predicted octanol–water partition coefficient (Wildman–Crippen LogP) is 8.05. The molecule has 0 aromatic heterocycles. The van der Waals surface area contributed by atoms with E-state index in [1.807, 2.05) is 25.1 Å². The van der Waals surface area contributed by atoms with Crippen LogP contribution in [-0.2, 0) is 28.0 Å². The minimum atomic E-state index is -0.268. The van der Waals surface area contributed by atoms with E-state index in [-0.39, 0.29) is 28.5 Å². The maximum atomic E-state index is 15.1. The topological polar surface area (TPSA) is 44.8 Å². The van der Waals surface area contributed by atoms with Gasteiger partial charge in [-0.3, -0.25) is 4.79 Å². The molecule has 0 bridgehead atoms. The average molecular weight is 541 g/mol. The van der Waals surface area contributed by atoms with Crippen LogP contribution in [0, 0.1) is 17.2 Å². The van der Waals surface area contributed by atoms with Crippen LogP contribution in [0.2, 0.25) is 0 Å². The number of hydrogen-bond acceptors (Lipinski definition) is 4. The van der Waals surface area contributed by atoms with Crippen molar-refractivity contribution < 1.29 is 23.4 Å². The summed E-state index contributed by atoms with van der Waals surface area (Å²) in [6.45, 7) is 7.18. The summed E-state index contributed by atoms with van der Waals surface area (Å²) in [5.41, 5.74) is 7.16. The summed E-state index contributed by atoms with van der Waals surface area (Å²) in [5, 5.41) is 0. The minimum absolute atomic E-state index is 0.00238. The summed E-state index contributed by atoms with van der Waals surface area (Å²) in [6.07, 6.45) is 7.20. The first kappa shape index (κ1) is 26.6. The highest BCUT2D eigenvalue weighted by Gasteiger charge is 2.62. The molecule has 3 aromatic rings. The van der Waals surface area contributed by atoms with Crippen molar-refractivity contribution >= 4 is 11.5 Å². The number of rotatable bonds is 8. The van der Waals surface area contributed by atoms with Crippen molar-refractivity contribution in [1.82, 2.24) is 0 Å². The van der Waals surface area contributed by atoms with Crippen molar-refractivity contribution in [1.29, 1.82) is 0 Å². The number of fused-ring (bicyclic) bond motifs is 2. The van der Waals surface area contributed by atoms with Gasteiger partial charge in [0.1, 0.15) is 23.9 Å². The fourth-order valence-electron chi connectivity index (χ4n) is 6.86. The first-order chi connectivity index (χ1) is 19.3. The Balaban J connectivity index is 1.28. The van der Waals surface area contributed by atoms with Gasteiger partial charge in [0.2, 0.25) is 0 Å². The van der Waals surface area contributed by atoms with Crippen molar-refractivity contribution in [2.24, 2.45) is 11.3 Å². The van der Waals surface area contributed by atoms with E-state index in [0.29, 0.717) is 24.5 Å². The number of methoxy groups -OCH3 is 1. The van der Waals surface area contributed by atoms with E-state index >= 15 is 4.39 Å². The molecule has 0 aliphatic heterocycles. The number of esters is 1. The van der Waals surface area contributed by atoms with Gasteiger partial charge in [0.25, 0.3) is 0 Å². The third kappa shape index (κ3) is 4.59. The Morgan fingerprint density at radius 3 is 2.55 bits per heavy atom. The van der Waals surface area contributed by atoms with Crippen LogP contribution < -0.4 is 9.47 Å². The predicted molar refractivity (Wildman–Crippen MR) is 155 cm³/mol. The van der Waals surface area contributed by atoms with E-state index < -0.39 is 0 Å². The van der Waals surface area contributed by atoms with E-state index in [2.05, 4.69) is 38.1 Å². The van der Waals surface area contributed by atoms with Gasteiger partial charge in [-0.1, -0.05) is 38.1 Å². The molecule has 5 heteroatoms. The molecule has 0 unspecified atom stereocenters. The molecule has 0 N–H and O–H groups in total. The van der Waals surface area contributed by atoms with Crippen LogP contribution in [0.1, 0.15) is 68.7 Å². The first-order valence-electron chi connectivity index (χ1n) is 14.4. The molecule has 0 heterocycles. The Morgan fingerprint density at radius 2 is 1.80 bits per heavy atom. The summed E-state index contributed by atoms with van der Waals surface area (Å²) < 4.78 is 32.1. The van der Waals surface area contributed by atoms with E-state index in [0.717, 1.165) is 54.5 Å². The standard InChI is InChI=1S/C35H37FO4/c1-5-39-33(37)31-20-35(31)16-14-23-9-10-25(19-30(23)35)40-21-22-8-12-26(28-18-24(38-4)11-13-32(28)36)27(17-22)29-7-6-15-34(29,2)3/h7-13,17-19,31H,5-6,14-16,20-21H2,1-4H3/t31-,35-/m0/s1. The van der Waals surface area contributed by atoms with Crippen molar-refractivity contribution in [3.63, 3.8) is 0 Å². The largest absolute Gasteiger partial charge is 0.497 e. The summed E-state index contributed by atoms with van der Waals surface area (Å²) in [6, 6.07) is 17.4. The van der Waals surface area contributed by atoms with E-state index in [1.165, 1.54) is 22.8 Å². The van der Waals surface area contributed by atoms with Gasteiger partial charge in [-0.15, -0.1) is 0 Å². The summed E-state index contributed by atoms with van der Waals surface area (Å²) in [5.74, 6) is 1.05. The van der Waals surface area contributed by atoms with Crippen molar-refractivity contribution in [3.8, 4) is 22.6 Å². The monoisotopic (exact) mass is 540 g/mol. The molecule has 3 aliphatic carbocycles. The molecular weight excluding hydrogens is 503 g/mol. The minimum Gasteiger partial charge on any atom is -0.497 e. The molecule has 208 valence electrons. The molecule has 3 aromatic carbocycles. The first-order valence-corrected chi connectivity index (χ1v) is 14.4. The molecule has 1 spiro atoms. The zero-order valence-electron chi connectivity index (χ0n) is 23.8. The number of hydrogen-bond donors (Lipinski definition) is 0. The number of carbonyl (C=O) groups excluding carboxylic acids is 1. The van der Waals surface area contributed by atoms with Crippen LogP contribution >= 0.6 is 0 Å². The average Bonchev–Trinajstić information content (AvgIpc) is 3.43. The highest BCUT2D eigenvalue weighted by atomic mass is 19.1. The highest BCUT2D eigenvalue weighted by molar-refractivity contribution is 5.85. The van der Waals surface area contributed by atoms with Crippen LogP contribution in [-0.4, -0.2) is 19.7 Å². The fraction of sp³-hybridized carbons (Fsp3) is 0.400. The van der Waals surface area contributed by atoms with Crippen molar-refractivity contribution in [2.75, 3.05) is 13.7 Å². The van der Waals surface area contributed by atoms with Crippen molar-refractivity contribution in [2.45, 2.75) is 64.9 Å². The van der Waals surface area contributed by atoms with Gasteiger partial charge >= 0.3 is 5.97 Å². The quantitative estimate of drug-likeness (QED) is 0.271. The summed E-state index contributed by atoms with van der Waals surface area (Å²) in [7, 11) is 1.60. The smallest absolute Gasteiger partial charge is 0.309 e. The lowest BCUT2D eigenvalue weighted by Gasteiger charge is -2.25. The van der Waals surface area contributed by atoms with Crippen molar-refractivity contribution in [3.05, 3.63) is 88.7 Å². The zero-order valence-corrected chi connectivity index (χ0v) is 23.8. The summed E-state index contributed by atoms with van der Waals surface area (Å²) >= 11 is 0. The zero-order chi connectivity index (χ0) is 28.1. The molecular formula is C35H37FO4. The number of ether oxygens (including phenoxy) is 3. The van der Waals surface area contributed by atoms with E-state index in [9.17, 15) is 4.79 Å². The van der Waals surface area contributed by atoms with E-state index in [4.69, 9.17) is 14.2 Å². The second-order valence-electron chi connectivity index (χ2n) is 12.0. The number of allylic oxidation sites excluding steroid dienone is 2. The second kappa shape index (κ2) is 10.1. The SMILES string of the molecule is CCOC(=O)[C@@H]1C[C@]12CCc1ccc(OCc3ccc(-c4cc(OC)ccc4F)c(C4=CCCC4(C)C)c3)cc12. The van der Waals surface area contributed by atoms with Crippen LogP contribution in [0.25, 0.3) is 16.7 Å². The van der Waals surface area contributed by atoms with Crippen LogP contribution in [0.15, 0.2) is 60.7 Å². The Hall–Kier alpha value is -3.60. The van der Waals surface area contributed by atoms with Gasteiger partial charge in [-0.2, -0.15) is 0 Å². The second-order valence-corrected chi connectivity index (χ2v) is 12.0. The van der Waals surface area contributed by atoms with Crippen LogP contribution in [0.4, 0.5) is 4.39 Å².